The first-order valence-electron chi connectivity index (χ1n) is 19.0. The van der Waals surface area contributed by atoms with Gasteiger partial charge in [0.1, 0.15) is 30.5 Å². The van der Waals surface area contributed by atoms with Crippen molar-refractivity contribution in [3.05, 3.63) is 179 Å². The second kappa shape index (κ2) is 20.6. The standard InChI is InChI=1S/C46H50O9/c47-45-42(39(26-27-49-45)50-29-35-18-8-2-9-19-35)55-46-44(53-32-38-24-14-5-15-25-38)43(52-31-37-22-12-4-13-23-37)41(51-30-36-20-10-3-11-21-36)40(54-46)33-48-28-34-16-6-1-7-17-34/h1-25,39-47H,26-33H2/t39-,40-,41+,42+,43+,44-,45-,46+/m1/s1. The van der Waals surface area contributed by atoms with Crippen molar-refractivity contribution in [2.75, 3.05) is 13.2 Å². The molecule has 2 saturated heterocycles. The molecule has 0 unspecified atom stereocenters. The summed E-state index contributed by atoms with van der Waals surface area (Å²) >= 11 is 0. The summed E-state index contributed by atoms with van der Waals surface area (Å²) in [6.07, 6.45) is -5.85. The molecule has 0 saturated carbocycles. The molecule has 2 heterocycles. The number of aliphatic hydroxyl groups excluding tert-OH is 1. The lowest BCUT2D eigenvalue weighted by atomic mass is 9.97. The van der Waals surface area contributed by atoms with E-state index in [2.05, 4.69) is 0 Å². The van der Waals surface area contributed by atoms with E-state index in [0.717, 1.165) is 27.8 Å². The largest absolute Gasteiger partial charge is 0.374 e. The summed E-state index contributed by atoms with van der Waals surface area (Å²) in [7, 11) is 0. The van der Waals surface area contributed by atoms with Gasteiger partial charge in [0, 0.05) is 0 Å². The van der Waals surface area contributed by atoms with Crippen molar-refractivity contribution < 1.29 is 43.0 Å². The van der Waals surface area contributed by atoms with Gasteiger partial charge in [0.2, 0.25) is 0 Å². The van der Waals surface area contributed by atoms with Crippen LogP contribution >= 0.6 is 0 Å². The van der Waals surface area contributed by atoms with E-state index in [1.807, 2.05) is 152 Å². The molecule has 0 spiro atoms. The highest BCUT2D eigenvalue weighted by Crippen LogP contribution is 2.34. The van der Waals surface area contributed by atoms with Gasteiger partial charge >= 0.3 is 0 Å². The van der Waals surface area contributed by atoms with Gasteiger partial charge in [-0.05, 0) is 34.2 Å². The van der Waals surface area contributed by atoms with E-state index in [9.17, 15) is 5.11 Å². The third-order valence-corrected chi connectivity index (χ3v) is 9.78. The molecule has 1 N–H and O–H groups in total. The number of aliphatic hydroxyl groups is 1. The second-order valence-electron chi connectivity index (χ2n) is 13.8. The lowest BCUT2D eigenvalue weighted by Crippen LogP contribution is -2.63. The van der Waals surface area contributed by atoms with Gasteiger partial charge in [-0.25, -0.2) is 0 Å². The highest BCUT2D eigenvalue weighted by Gasteiger charge is 2.51. The zero-order valence-corrected chi connectivity index (χ0v) is 30.9. The first-order chi connectivity index (χ1) is 27.2. The number of ether oxygens (including phenoxy) is 8. The monoisotopic (exact) mass is 746 g/mol. The number of rotatable bonds is 18. The summed E-state index contributed by atoms with van der Waals surface area (Å²) in [4.78, 5) is 0. The predicted octanol–water partition coefficient (Wildman–Crippen LogP) is 7.39. The Morgan fingerprint density at radius 3 is 1.38 bits per heavy atom. The molecular weight excluding hydrogens is 696 g/mol. The van der Waals surface area contributed by atoms with E-state index in [0.29, 0.717) is 39.5 Å². The zero-order chi connectivity index (χ0) is 37.5. The predicted molar refractivity (Wildman–Crippen MR) is 206 cm³/mol. The lowest BCUT2D eigenvalue weighted by molar-refractivity contribution is -0.362. The minimum Gasteiger partial charge on any atom is -0.374 e. The molecule has 5 aromatic rings. The van der Waals surface area contributed by atoms with Crippen LogP contribution in [-0.4, -0.2) is 67.5 Å². The van der Waals surface area contributed by atoms with Crippen molar-refractivity contribution in [1.29, 1.82) is 0 Å². The van der Waals surface area contributed by atoms with Crippen molar-refractivity contribution in [3.63, 3.8) is 0 Å². The fraction of sp³-hybridized carbons (Fsp3) is 0.348. The molecule has 0 radical (unpaired) electrons. The Hall–Kier alpha value is -4.26. The van der Waals surface area contributed by atoms with Crippen LogP contribution in [0.1, 0.15) is 34.2 Å². The average molecular weight is 747 g/mol. The molecule has 9 heteroatoms. The van der Waals surface area contributed by atoms with Gasteiger partial charge in [-0.1, -0.05) is 152 Å². The summed E-state index contributed by atoms with van der Waals surface area (Å²) in [6, 6.07) is 49.9. The molecule has 0 bridgehead atoms. The van der Waals surface area contributed by atoms with E-state index >= 15 is 0 Å². The lowest BCUT2D eigenvalue weighted by Gasteiger charge is -2.47. The third-order valence-electron chi connectivity index (χ3n) is 9.78. The van der Waals surface area contributed by atoms with E-state index in [1.165, 1.54) is 0 Å². The van der Waals surface area contributed by atoms with Crippen LogP contribution in [0, 0.1) is 0 Å². The van der Waals surface area contributed by atoms with Crippen LogP contribution in [0.15, 0.2) is 152 Å². The van der Waals surface area contributed by atoms with Crippen LogP contribution in [0.3, 0.4) is 0 Å². The van der Waals surface area contributed by atoms with Gasteiger partial charge in [-0.2, -0.15) is 0 Å². The summed E-state index contributed by atoms with van der Waals surface area (Å²) in [6.45, 7) is 2.12. The molecule has 2 fully saturated rings. The summed E-state index contributed by atoms with van der Waals surface area (Å²) in [5.74, 6) is 0. The normalized spacial score (nSPS) is 25.4. The van der Waals surface area contributed by atoms with Crippen molar-refractivity contribution in [2.24, 2.45) is 0 Å². The van der Waals surface area contributed by atoms with E-state index in [1.54, 1.807) is 0 Å². The Morgan fingerprint density at radius 1 is 0.473 bits per heavy atom. The van der Waals surface area contributed by atoms with Gasteiger partial charge < -0.3 is 43.0 Å². The van der Waals surface area contributed by atoms with Crippen molar-refractivity contribution in [1.82, 2.24) is 0 Å². The number of benzene rings is 5. The molecule has 7 rings (SSSR count). The van der Waals surface area contributed by atoms with Gasteiger partial charge in [0.25, 0.3) is 0 Å². The topological polar surface area (TPSA) is 94.1 Å². The smallest absolute Gasteiger partial charge is 0.187 e. The third kappa shape index (κ3) is 11.4. The van der Waals surface area contributed by atoms with Crippen molar-refractivity contribution >= 4 is 0 Å². The Labute approximate surface area is 323 Å². The molecule has 288 valence electrons. The van der Waals surface area contributed by atoms with E-state index in [-0.39, 0.29) is 13.2 Å². The van der Waals surface area contributed by atoms with Gasteiger partial charge in [0.15, 0.2) is 12.6 Å². The highest BCUT2D eigenvalue weighted by atomic mass is 16.7. The zero-order valence-electron chi connectivity index (χ0n) is 30.9. The molecule has 0 amide bonds. The Bertz CT molecular complexity index is 1780. The number of hydrogen-bond acceptors (Lipinski definition) is 9. The Morgan fingerprint density at radius 2 is 0.891 bits per heavy atom. The fourth-order valence-electron chi connectivity index (χ4n) is 6.87. The maximum Gasteiger partial charge on any atom is 0.187 e. The maximum absolute atomic E-state index is 11.3. The molecule has 0 aliphatic carbocycles. The summed E-state index contributed by atoms with van der Waals surface area (Å²) in [5.41, 5.74) is 5.04. The van der Waals surface area contributed by atoms with Crippen LogP contribution in [0.25, 0.3) is 0 Å². The van der Waals surface area contributed by atoms with Crippen LogP contribution < -0.4 is 0 Å². The summed E-state index contributed by atoms with van der Waals surface area (Å²) < 4.78 is 52.5. The van der Waals surface area contributed by atoms with E-state index < -0.39 is 49.2 Å². The molecule has 55 heavy (non-hydrogen) atoms. The van der Waals surface area contributed by atoms with Crippen LogP contribution in [-0.2, 0) is 70.9 Å². The van der Waals surface area contributed by atoms with E-state index in [4.69, 9.17) is 37.9 Å². The summed E-state index contributed by atoms with van der Waals surface area (Å²) in [5, 5.41) is 11.3. The second-order valence-corrected chi connectivity index (χ2v) is 13.8. The SMILES string of the molecule is O[C@@H]1OCC[C@@H](OCc2ccccc2)[C@@H]1O[C@@H]1O[C@H](COCc2ccccc2)[C@H](OCc2ccccc2)[C@H](OCc2ccccc2)[C@H]1OCc1ccccc1. The Kier molecular flexibility index (Phi) is 14.6. The molecule has 9 nitrogen and oxygen atoms in total. The van der Waals surface area contributed by atoms with Crippen LogP contribution in [0.4, 0.5) is 0 Å². The minimum atomic E-state index is -1.25. The quantitative estimate of drug-likeness (QED) is 0.0986. The van der Waals surface area contributed by atoms with Crippen molar-refractivity contribution in [2.45, 2.75) is 88.7 Å². The first kappa shape index (κ1) is 39.0. The van der Waals surface area contributed by atoms with Crippen LogP contribution in [0.2, 0.25) is 0 Å². The van der Waals surface area contributed by atoms with Gasteiger partial charge in [-0.3, -0.25) is 0 Å². The fourth-order valence-corrected chi connectivity index (χ4v) is 6.87. The highest BCUT2D eigenvalue weighted by molar-refractivity contribution is 5.17. The molecule has 0 aromatic heterocycles. The molecule has 5 aromatic carbocycles. The van der Waals surface area contributed by atoms with Crippen LogP contribution in [0.5, 0.6) is 0 Å². The number of hydrogen-bond donors (Lipinski definition) is 1. The minimum absolute atomic E-state index is 0.183. The maximum atomic E-state index is 11.3. The molecule has 2 aliphatic rings. The average Bonchev–Trinajstić information content (AvgIpc) is 3.24. The van der Waals surface area contributed by atoms with Crippen molar-refractivity contribution in [3.8, 4) is 0 Å². The van der Waals surface area contributed by atoms with Gasteiger partial charge in [0.05, 0.1) is 52.4 Å². The first-order valence-corrected chi connectivity index (χ1v) is 19.0. The Balaban J connectivity index is 1.20. The molecular formula is C46H50O9. The van der Waals surface area contributed by atoms with Gasteiger partial charge in [-0.15, -0.1) is 0 Å². The molecule has 2 aliphatic heterocycles. The molecule has 8 atom stereocenters.